The zero-order valence-corrected chi connectivity index (χ0v) is 13.8. The third-order valence-corrected chi connectivity index (χ3v) is 6.56. The van der Waals surface area contributed by atoms with Crippen molar-refractivity contribution in [3.63, 3.8) is 0 Å². The van der Waals surface area contributed by atoms with E-state index >= 15 is 0 Å². The molecule has 1 fully saturated rings. The number of nitrogens with zero attached hydrogens (tertiary/aromatic N) is 2. The topological polar surface area (TPSA) is 90.3 Å². The van der Waals surface area contributed by atoms with Crippen LogP contribution in [0.3, 0.4) is 0 Å². The number of rotatable bonds is 4. The molecular weight excluding hydrogens is 352 g/mol. The second kappa shape index (κ2) is 5.81. The van der Waals surface area contributed by atoms with Crippen molar-refractivity contribution in [3.8, 4) is 6.07 Å². The van der Waals surface area contributed by atoms with Crippen LogP contribution in [0.4, 0.5) is 8.78 Å². The number of carbonyl (C=O) groups excluding carboxylic acids is 1. The molecule has 1 aromatic rings. The van der Waals surface area contributed by atoms with Gasteiger partial charge in [0.2, 0.25) is 21.1 Å². The first kappa shape index (κ1) is 17.4. The maximum atomic E-state index is 14.7. The third-order valence-electron chi connectivity index (χ3n) is 4.47. The zero-order chi connectivity index (χ0) is 18.3. The Labute approximate surface area is 143 Å². The largest absolute Gasteiger partial charge is 0.341 e. The van der Waals surface area contributed by atoms with Gasteiger partial charge in [-0.2, -0.15) is 5.26 Å². The summed E-state index contributed by atoms with van der Waals surface area (Å²) in [6.45, 7) is -0.337. The van der Waals surface area contributed by atoms with Crippen LogP contribution in [0.15, 0.2) is 47.5 Å². The number of hydrogen-bond acceptors (Lipinski definition) is 5. The first-order valence-electron chi connectivity index (χ1n) is 7.53. The number of carbonyl (C=O) groups is 1. The van der Waals surface area contributed by atoms with Gasteiger partial charge in [0.15, 0.2) is 0 Å². The molecule has 1 N–H and O–H groups in total. The molecule has 0 aromatic heterocycles. The minimum atomic E-state index is -4.41. The maximum Gasteiger partial charge on any atom is 0.285 e. The average molecular weight is 367 g/mol. The third kappa shape index (κ3) is 2.57. The van der Waals surface area contributed by atoms with Gasteiger partial charge in [0.1, 0.15) is 12.1 Å². The lowest BCUT2D eigenvalue weighted by Gasteiger charge is -2.33. The van der Waals surface area contributed by atoms with Crippen molar-refractivity contribution in [1.29, 1.82) is 5.26 Å². The zero-order valence-electron chi connectivity index (χ0n) is 13.0. The number of nitrogens with one attached hydrogen (secondary N) is 1. The van der Waals surface area contributed by atoms with Crippen molar-refractivity contribution in [2.45, 2.75) is 34.6 Å². The number of halogens is 2. The summed E-state index contributed by atoms with van der Waals surface area (Å²) in [6, 6.07) is 8.70. The first-order chi connectivity index (χ1) is 11.8. The molecule has 2 aliphatic heterocycles. The van der Waals surface area contributed by atoms with E-state index in [0.29, 0.717) is 0 Å². The van der Waals surface area contributed by atoms with E-state index in [2.05, 4.69) is 5.32 Å². The highest BCUT2D eigenvalue weighted by molar-refractivity contribution is 7.92. The highest BCUT2D eigenvalue weighted by Gasteiger charge is 2.68. The van der Waals surface area contributed by atoms with Gasteiger partial charge in [0.05, 0.1) is 11.0 Å². The number of fused-ring (bicyclic) bond motifs is 1. The van der Waals surface area contributed by atoms with Gasteiger partial charge in [0, 0.05) is 6.42 Å². The highest BCUT2D eigenvalue weighted by Crippen LogP contribution is 2.52. The van der Waals surface area contributed by atoms with Crippen LogP contribution in [0, 0.1) is 11.3 Å². The molecular formula is C16H15F2N3O3S. The normalized spacial score (nSPS) is 26.9. The van der Waals surface area contributed by atoms with Crippen LogP contribution in [-0.2, 0) is 14.6 Å². The quantitative estimate of drug-likeness (QED) is 0.813. The molecule has 0 aliphatic carbocycles. The standard InChI is InChI=1S/C16H15F2N3O3S/c17-16(18)11-15(13(22)20-9-8-19)7-4-10-21(15)14(16)25(23,24)12-5-2-1-3-6-12/h1-6,10,14H,7,9,11H2,(H,20,22). The summed E-state index contributed by atoms with van der Waals surface area (Å²) in [5.74, 6) is -4.40. The summed E-state index contributed by atoms with van der Waals surface area (Å²) >= 11 is 0. The summed E-state index contributed by atoms with van der Waals surface area (Å²) in [5, 5.41) is 8.69. The molecule has 132 valence electrons. The van der Waals surface area contributed by atoms with E-state index < -0.39 is 39.0 Å². The van der Waals surface area contributed by atoms with Crippen LogP contribution >= 0.6 is 0 Å². The Hall–Kier alpha value is -2.47. The maximum absolute atomic E-state index is 14.7. The predicted molar refractivity (Wildman–Crippen MR) is 83.9 cm³/mol. The molecule has 2 atom stereocenters. The number of alkyl halides is 2. The smallest absolute Gasteiger partial charge is 0.285 e. The summed E-state index contributed by atoms with van der Waals surface area (Å²) in [5.41, 5.74) is -1.70. The summed E-state index contributed by atoms with van der Waals surface area (Å²) in [7, 11) is -4.41. The monoisotopic (exact) mass is 367 g/mol. The lowest BCUT2D eigenvalue weighted by Crippen LogP contribution is -2.54. The molecule has 3 rings (SSSR count). The Balaban J connectivity index is 2.05. The number of nitriles is 1. The van der Waals surface area contributed by atoms with Gasteiger partial charge in [-0.25, -0.2) is 17.2 Å². The van der Waals surface area contributed by atoms with Crippen molar-refractivity contribution in [2.24, 2.45) is 0 Å². The first-order valence-corrected chi connectivity index (χ1v) is 9.07. The molecule has 6 nitrogen and oxygen atoms in total. The van der Waals surface area contributed by atoms with Crippen molar-refractivity contribution in [3.05, 3.63) is 42.6 Å². The van der Waals surface area contributed by atoms with E-state index in [1.54, 1.807) is 12.1 Å². The van der Waals surface area contributed by atoms with Crippen molar-refractivity contribution in [2.75, 3.05) is 6.54 Å². The molecule has 1 saturated heterocycles. The number of hydrogen-bond donors (Lipinski definition) is 1. The SMILES string of the molecule is N#CCNC(=O)C12CC=CN1C(S(=O)(=O)c1ccccc1)C(F)(F)C2. The molecule has 0 radical (unpaired) electrons. The molecule has 0 bridgehead atoms. The number of amides is 1. The molecule has 2 unspecified atom stereocenters. The van der Waals surface area contributed by atoms with Gasteiger partial charge in [-0.05, 0) is 24.8 Å². The minimum Gasteiger partial charge on any atom is -0.341 e. The van der Waals surface area contributed by atoms with Crippen LogP contribution in [0.25, 0.3) is 0 Å². The van der Waals surface area contributed by atoms with Gasteiger partial charge >= 0.3 is 0 Å². The van der Waals surface area contributed by atoms with Crippen LogP contribution in [0.5, 0.6) is 0 Å². The Morgan fingerprint density at radius 3 is 2.68 bits per heavy atom. The Kier molecular flexibility index (Phi) is 4.03. The molecule has 0 spiro atoms. The second-order valence-electron chi connectivity index (χ2n) is 6.02. The Morgan fingerprint density at radius 2 is 2.04 bits per heavy atom. The fourth-order valence-corrected chi connectivity index (χ4v) is 5.35. The van der Waals surface area contributed by atoms with Gasteiger partial charge in [-0.15, -0.1) is 0 Å². The fraction of sp³-hybridized carbons (Fsp3) is 0.375. The Bertz CT molecular complexity index is 864. The molecule has 25 heavy (non-hydrogen) atoms. The predicted octanol–water partition coefficient (Wildman–Crippen LogP) is 1.42. The lowest BCUT2D eigenvalue weighted by atomic mass is 9.92. The van der Waals surface area contributed by atoms with Gasteiger partial charge < -0.3 is 10.2 Å². The molecule has 1 amide bonds. The van der Waals surface area contributed by atoms with E-state index in [0.717, 1.165) is 4.90 Å². The number of sulfone groups is 1. The molecule has 0 saturated carbocycles. The molecule has 9 heteroatoms. The second-order valence-corrected chi connectivity index (χ2v) is 8.02. The summed E-state index contributed by atoms with van der Waals surface area (Å²) in [4.78, 5) is 13.1. The van der Waals surface area contributed by atoms with E-state index in [9.17, 15) is 22.0 Å². The van der Waals surface area contributed by atoms with E-state index in [1.807, 2.05) is 0 Å². The van der Waals surface area contributed by atoms with Crippen molar-refractivity contribution < 1.29 is 22.0 Å². The lowest BCUT2D eigenvalue weighted by molar-refractivity contribution is -0.130. The molecule has 2 heterocycles. The van der Waals surface area contributed by atoms with Crippen LogP contribution < -0.4 is 5.32 Å². The minimum absolute atomic E-state index is 0.0410. The fourth-order valence-electron chi connectivity index (χ4n) is 3.45. The van der Waals surface area contributed by atoms with E-state index in [1.165, 1.54) is 36.5 Å². The Morgan fingerprint density at radius 1 is 1.36 bits per heavy atom. The van der Waals surface area contributed by atoms with Gasteiger partial charge in [0.25, 0.3) is 5.92 Å². The summed E-state index contributed by atoms with van der Waals surface area (Å²) < 4.78 is 55.1. The molecule has 1 aromatic carbocycles. The highest BCUT2D eigenvalue weighted by atomic mass is 32.2. The van der Waals surface area contributed by atoms with Gasteiger partial charge in [-0.1, -0.05) is 24.3 Å². The van der Waals surface area contributed by atoms with Crippen molar-refractivity contribution >= 4 is 15.7 Å². The number of benzene rings is 1. The van der Waals surface area contributed by atoms with Gasteiger partial charge in [-0.3, -0.25) is 4.79 Å². The van der Waals surface area contributed by atoms with Crippen LogP contribution in [0.1, 0.15) is 12.8 Å². The van der Waals surface area contributed by atoms with Crippen LogP contribution in [0.2, 0.25) is 0 Å². The van der Waals surface area contributed by atoms with Crippen molar-refractivity contribution in [1.82, 2.24) is 10.2 Å². The van der Waals surface area contributed by atoms with Crippen LogP contribution in [-0.4, -0.2) is 42.6 Å². The van der Waals surface area contributed by atoms with E-state index in [4.69, 9.17) is 5.26 Å². The van der Waals surface area contributed by atoms with E-state index in [-0.39, 0.29) is 17.9 Å². The summed E-state index contributed by atoms with van der Waals surface area (Å²) in [6.07, 6.45) is 1.76. The molecule has 2 aliphatic rings. The average Bonchev–Trinajstić information content (AvgIpc) is 3.06.